The number of carbonyl (C=O) groups excluding carboxylic acids is 2. The van der Waals surface area contributed by atoms with E-state index in [-0.39, 0.29) is 24.5 Å². The highest BCUT2D eigenvalue weighted by atomic mass is 32.1. The maximum atomic E-state index is 13.1. The van der Waals surface area contributed by atoms with E-state index in [1.807, 2.05) is 12.1 Å². The fourth-order valence-electron chi connectivity index (χ4n) is 6.53. The van der Waals surface area contributed by atoms with Gasteiger partial charge in [-0.25, -0.2) is 9.59 Å². The molecular weight excluding hydrogens is 570 g/mol. The smallest absolute Gasteiger partial charge is 0.410 e. The minimum Gasteiger partial charge on any atom is -0.482 e. The van der Waals surface area contributed by atoms with E-state index in [1.54, 1.807) is 14.0 Å². The normalized spacial score (nSPS) is 22.2. The van der Waals surface area contributed by atoms with E-state index >= 15 is 0 Å². The SMILES string of the molecule is CCCCC[C@@H](CC[C@@H]1[C@H]2Cc3cccc(OCC(=O)O)c3C[C@H]2C[C@H]1O)OC(=O)N(C)[C@H](C)C(=O)NCCNCCS. The van der Waals surface area contributed by atoms with Gasteiger partial charge in [0.1, 0.15) is 17.9 Å². The first-order valence-corrected chi connectivity index (χ1v) is 16.5. The van der Waals surface area contributed by atoms with E-state index < -0.39 is 24.2 Å². The Hall–Kier alpha value is -2.50. The van der Waals surface area contributed by atoms with Crippen molar-refractivity contribution < 1.29 is 34.1 Å². The number of carboxylic acids is 1. The number of aliphatic hydroxyl groups is 1. The molecule has 1 fully saturated rings. The summed E-state index contributed by atoms with van der Waals surface area (Å²) in [6, 6.07) is 5.13. The van der Waals surface area contributed by atoms with Crippen LogP contribution in [0.1, 0.15) is 69.9 Å². The van der Waals surface area contributed by atoms with Gasteiger partial charge >= 0.3 is 12.1 Å². The molecule has 2 aliphatic carbocycles. The van der Waals surface area contributed by atoms with Crippen molar-refractivity contribution in [3.05, 3.63) is 29.3 Å². The number of fused-ring (bicyclic) bond motifs is 2. The zero-order valence-electron chi connectivity index (χ0n) is 25.9. The van der Waals surface area contributed by atoms with E-state index in [4.69, 9.17) is 14.6 Å². The van der Waals surface area contributed by atoms with Gasteiger partial charge in [0.25, 0.3) is 0 Å². The second-order valence-corrected chi connectivity index (χ2v) is 12.5. The number of nitrogens with one attached hydrogen (secondary N) is 2. The minimum absolute atomic E-state index is 0.0905. The zero-order chi connectivity index (χ0) is 31.4. The second-order valence-electron chi connectivity index (χ2n) is 12.0. The number of ether oxygens (including phenoxy) is 2. The summed E-state index contributed by atoms with van der Waals surface area (Å²) in [7, 11) is 1.59. The van der Waals surface area contributed by atoms with E-state index in [2.05, 4.69) is 36.3 Å². The Morgan fingerprint density at radius 1 is 1.14 bits per heavy atom. The molecular formula is C32H51N3O7S. The molecule has 0 aliphatic heterocycles. The number of amides is 2. The number of aliphatic carboxylic acids is 1. The molecule has 0 heterocycles. The molecule has 1 aromatic carbocycles. The molecule has 0 radical (unpaired) electrons. The van der Waals surface area contributed by atoms with Crippen molar-refractivity contribution in [3.63, 3.8) is 0 Å². The number of rotatable bonds is 18. The van der Waals surface area contributed by atoms with E-state index in [1.165, 1.54) is 4.90 Å². The van der Waals surface area contributed by atoms with Crippen molar-refractivity contribution in [1.82, 2.24) is 15.5 Å². The molecule has 11 heteroatoms. The summed E-state index contributed by atoms with van der Waals surface area (Å²) in [6.07, 6.45) is 6.22. The minimum atomic E-state index is -1.01. The quantitative estimate of drug-likeness (QED) is 0.124. The number of aliphatic hydroxyl groups excluding tert-OH is 1. The van der Waals surface area contributed by atoms with Gasteiger partial charge < -0.3 is 30.3 Å². The fraction of sp³-hybridized carbons (Fsp3) is 0.719. The lowest BCUT2D eigenvalue weighted by Crippen LogP contribution is -2.48. The molecule has 0 aromatic heterocycles. The van der Waals surface area contributed by atoms with Crippen molar-refractivity contribution in [2.45, 2.75) is 89.9 Å². The molecule has 242 valence electrons. The van der Waals surface area contributed by atoms with Crippen LogP contribution < -0.4 is 15.4 Å². The van der Waals surface area contributed by atoms with Crippen molar-refractivity contribution in [2.75, 3.05) is 39.0 Å². The van der Waals surface area contributed by atoms with Crippen LogP contribution in [0.25, 0.3) is 0 Å². The number of benzene rings is 1. The number of hydrogen-bond donors (Lipinski definition) is 5. The molecule has 0 saturated heterocycles. The first-order valence-electron chi connectivity index (χ1n) is 15.8. The largest absolute Gasteiger partial charge is 0.482 e. The van der Waals surface area contributed by atoms with Crippen LogP contribution in [-0.2, 0) is 27.2 Å². The number of unbranched alkanes of at least 4 members (excludes halogenated alkanes) is 2. The summed E-state index contributed by atoms with van der Waals surface area (Å²) >= 11 is 4.15. The Bertz CT molecular complexity index is 1060. The van der Waals surface area contributed by atoms with Gasteiger partial charge in [-0.3, -0.25) is 9.69 Å². The number of nitrogens with zero attached hydrogens (tertiary/aromatic N) is 1. The summed E-state index contributed by atoms with van der Waals surface area (Å²) in [5, 5.41) is 26.2. The first kappa shape index (κ1) is 35.0. The Morgan fingerprint density at radius 3 is 2.65 bits per heavy atom. The molecule has 4 N–H and O–H groups in total. The molecule has 2 aliphatic rings. The summed E-state index contributed by atoms with van der Waals surface area (Å²) in [5.74, 6) is 0.793. The van der Waals surface area contributed by atoms with Crippen LogP contribution in [0, 0.1) is 17.8 Å². The monoisotopic (exact) mass is 621 g/mol. The van der Waals surface area contributed by atoms with Gasteiger partial charge in [-0.2, -0.15) is 12.6 Å². The molecule has 43 heavy (non-hydrogen) atoms. The number of thiol groups is 1. The highest BCUT2D eigenvalue weighted by Gasteiger charge is 2.45. The topological polar surface area (TPSA) is 137 Å². The lowest BCUT2D eigenvalue weighted by Gasteiger charge is -2.33. The summed E-state index contributed by atoms with van der Waals surface area (Å²) < 4.78 is 11.5. The second kappa shape index (κ2) is 17.7. The molecule has 3 rings (SSSR count). The van der Waals surface area contributed by atoms with Crippen LogP contribution in [0.5, 0.6) is 5.75 Å². The van der Waals surface area contributed by atoms with Crippen LogP contribution in [-0.4, -0.2) is 90.4 Å². The van der Waals surface area contributed by atoms with Gasteiger partial charge in [-0.1, -0.05) is 31.9 Å². The third-order valence-electron chi connectivity index (χ3n) is 9.05. The standard InChI is InChI=1S/C32H51N3O7S/c1-4-5-6-9-24(42-32(40)35(3)21(2)31(39)34-14-13-33-15-16-43)11-12-25-26-17-22-8-7-10-29(41-20-30(37)38)27(22)18-23(26)19-28(25)36/h7-8,10,21,23-26,28,33,36,43H,4-6,9,11-20H2,1-3H3,(H,34,39)(H,37,38)/t21-,23+,24+,25-,26+,28-/m1/s1. The van der Waals surface area contributed by atoms with Gasteiger partial charge in [-0.15, -0.1) is 0 Å². The van der Waals surface area contributed by atoms with E-state index in [9.17, 15) is 19.5 Å². The van der Waals surface area contributed by atoms with Crippen molar-refractivity contribution in [2.24, 2.45) is 17.8 Å². The van der Waals surface area contributed by atoms with Crippen molar-refractivity contribution in [3.8, 4) is 5.75 Å². The Morgan fingerprint density at radius 2 is 1.93 bits per heavy atom. The van der Waals surface area contributed by atoms with Crippen molar-refractivity contribution >= 4 is 30.6 Å². The van der Waals surface area contributed by atoms with E-state index in [0.717, 1.165) is 68.4 Å². The van der Waals surface area contributed by atoms with Gasteiger partial charge in [-0.05, 0) is 86.8 Å². The predicted molar refractivity (Wildman–Crippen MR) is 169 cm³/mol. The Labute approximate surface area is 261 Å². The average molecular weight is 622 g/mol. The van der Waals surface area contributed by atoms with Gasteiger partial charge in [0, 0.05) is 32.4 Å². The van der Waals surface area contributed by atoms with Crippen LogP contribution in [0.15, 0.2) is 18.2 Å². The Kier molecular flexibility index (Phi) is 14.4. The molecule has 2 amide bonds. The fourth-order valence-corrected chi connectivity index (χ4v) is 6.68. The maximum Gasteiger partial charge on any atom is 0.410 e. The molecule has 6 atom stereocenters. The number of carboxylic acid groups (broad SMARTS) is 1. The summed E-state index contributed by atoms with van der Waals surface area (Å²) in [4.78, 5) is 38.1. The van der Waals surface area contributed by atoms with Gasteiger partial charge in [0.2, 0.25) is 5.91 Å². The van der Waals surface area contributed by atoms with Crippen LogP contribution >= 0.6 is 12.6 Å². The van der Waals surface area contributed by atoms with Crippen molar-refractivity contribution in [1.29, 1.82) is 0 Å². The molecule has 1 aromatic rings. The zero-order valence-corrected chi connectivity index (χ0v) is 26.8. The lowest BCUT2D eigenvalue weighted by atomic mass is 9.73. The highest BCUT2D eigenvalue weighted by molar-refractivity contribution is 7.80. The predicted octanol–water partition coefficient (Wildman–Crippen LogP) is 3.68. The van der Waals surface area contributed by atoms with Crippen LogP contribution in [0.3, 0.4) is 0 Å². The number of likely N-dealkylation sites (N-methyl/N-ethyl adjacent to an activating group) is 1. The summed E-state index contributed by atoms with van der Waals surface area (Å²) in [6.45, 7) is 5.31. The maximum absolute atomic E-state index is 13.1. The number of hydrogen-bond acceptors (Lipinski definition) is 8. The molecule has 0 bridgehead atoms. The molecule has 1 saturated carbocycles. The number of carbonyl (C=O) groups is 3. The average Bonchev–Trinajstić information content (AvgIpc) is 3.29. The lowest BCUT2D eigenvalue weighted by molar-refractivity contribution is -0.139. The first-order chi connectivity index (χ1) is 20.7. The Balaban J connectivity index is 1.59. The summed E-state index contributed by atoms with van der Waals surface area (Å²) in [5.41, 5.74) is 2.21. The third-order valence-corrected chi connectivity index (χ3v) is 9.28. The highest BCUT2D eigenvalue weighted by Crippen LogP contribution is 2.48. The van der Waals surface area contributed by atoms with Crippen LogP contribution in [0.2, 0.25) is 0 Å². The molecule has 0 unspecified atom stereocenters. The molecule has 0 spiro atoms. The van der Waals surface area contributed by atoms with Gasteiger partial charge in [0.05, 0.1) is 6.10 Å². The third kappa shape index (κ3) is 10.3. The van der Waals surface area contributed by atoms with Gasteiger partial charge in [0.15, 0.2) is 6.61 Å². The molecule has 10 nitrogen and oxygen atoms in total. The van der Waals surface area contributed by atoms with Crippen LogP contribution in [0.4, 0.5) is 4.79 Å². The van der Waals surface area contributed by atoms with E-state index in [0.29, 0.717) is 43.5 Å².